The quantitative estimate of drug-likeness (QED) is 0.496. The molecule has 0 fully saturated rings. The summed E-state index contributed by atoms with van der Waals surface area (Å²) in [4.78, 5) is 2.41. The molecule has 0 aliphatic carbocycles. The number of methoxy groups -OCH3 is 1. The Kier molecular flexibility index (Phi) is 7.92. The maximum atomic E-state index is 5.43. The molecular weight excluding hydrogens is 354 g/mol. The predicted octanol–water partition coefficient (Wildman–Crippen LogP) is 5.20. The molecule has 0 heterocycles. The van der Waals surface area contributed by atoms with Crippen LogP contribution in [0.25, 0.3) is 0 Å². The van der Waals surface area contributed by atoms with Crippen LogP contribution in [0.5, 0.6) is 5.75 Å². The summed E-state index contributed by atoms with van der Waals surface area (Å²) in [7, 11) is 3.91. The second-order valence-corrected chi connectivity index (χ2v) is 7.28. The topological polar surface area (TPSA) is 12.5 Å². The molecule has 0 spiro atoms. The Bertz CT molecular complexity index is 939. The van der Waals surface area contributed by atoms with Crippen LogP contribution in [0.1, 0.15) is 28.7 Å². The average molecular weight is 384 g/mol. The molecule has 0 bridgehead atoms. The zero-order valence-corrected chi connectivity index (χ0v) is 17.4. The lowest BCUT2D eigenvalue weighted by Gasteiger charge is -2.17. The number of hydrogen-bond acceptors (Lipinski definition) is 2. The number of benzene rings is 3. The summed E-state index contributed by atoms with van der Waals surface area (Å²) >= 11 is 0. The minimum Gasteiger partial charge on any atom is -0.497 e. The molecule has 2 heteroatoms. The van der Waals surface area contributed by atoms with E-state index in [0.29, 0.717) is 0 Å². The number of aryl methyl sites for hydroxylation is 1. The Morgan fingerprint density at radius 2 is 1.52 bits per heavy atom. The van der Waals surface area contributed by atoms with Crippen molar-refractivity contribution in [2.45, 2.75) is 19.3 Å². The third-order valence-electron chi connectivity index (χ3n) is 5.04. The summed E-state index contributed by atoms with van der Waals surface area (Å²) in [5, 5.41) is 0. The van der Waals surface area contributed by atoms with E-state index in [2.05, 4.69) is 66.3 Å². The molecule has 3 aromatic rings. The molecular formula is C27H29NO. The highest BCUT2D eigenvalue weighted by Gasteiger charge is 2.05. The van der Waals surface area contributed by atoms with Gasteiger partial charge in [0.15, 0.2) is 0 Å². The van der Waals surface area contributed by atoms with Crippen LogP contribution >= 0.6 is 0 Å². The first kappa shape index (κ1) is 20.7. The highest BCUT2D eigenvalue weighted by Crippen LogP contribution is 2.19. The second-order valence-electron chi connectivity index (χ2n) is 7.28. The molecule has 0 aromatic heterocycles. The lowest BCUT2D eigenvalue weighted by atomic mass is 10.0. The first-order chi connectivity index (χ1) is 14.2. The highest BCUT2D eigenvalue weighted by molar-refractivity contribution is 5.49. The largest absolute Gasteiger partial charge is 0.497 e. The van der Waals surface area contributed by atoms with Crippen molar-refractivity contribution in [3.63, 3.8) is 0 Å². The Morgan fingerprint density at radius 1 is 0.793 bits per heavy atom. The maximum absolute atomic E-state index is 5.43. The van der Waals surface area contributed by atoms with Gasteiger partial charge in [-0.1, -0.05) is 60.4 Å². The van der Waals surface area contributed by atoms with Crippen LogP contribution in [0.4, 0.5) is 0 Å². The molecule has 0 radical (unpaired) electrons. The summed E-state index contributed by atoms with van der Waals surface area (Å²) in [5.74, 6) is 7.51. The molecule has 0 unspecified atom stereocenters. The van der Waals surface area contributed by atoms with Crippen LogP contribution in [-0.4, -0.2) is 32.1 Å². The third-order valence-corrected chi connectivity index (χ3v) is 5.04. The van der Waals surface area contributed by atoms with Crippen molar-refractivity contribution in [1.29, 1.82) is 0 Å². The number of likely N-dealkylation sites (N-methyl/N-ethyl adjacent to an activating group) is 1. The van der Waals surface area contributed by atoms with Crippen LogP contribution in [-0.2, 0) is 12.8 Å². The average Bonchev–Trinajstić information content (AvgIpc) is 2.78. The minimum absolute atomic E-state index is 0.891. The van der Waals surface area contributed by atoms with Crippen molar-refractivity contribution >= 4 is 0 Å². The van der Waals surface area contributed by atoms with Gasteiger partial charge in [-0.15, -0.1) is 0 Å². The molecule has 0 saturated carbocycles. The predicted molar refractivity (Wildman–Crippen MR) is 121 cm³/mol. The van der Waals surface area contributed by atoms with E-state index in [9.17, 15) is 0 Å². The molecule has 148 valence electrons. The number of hydrogen-bond donors (Lipinski definition) is 0. The van der Waals surface area contributed by atoms with E-state index < -0.39 is 0 Å². The van der Waals surface area contributed by atoms with Gasteiger partial charge in [-0.3, -0.25) is 0 Å². The summed E-state index contributed by atoms with van der Waals surface area (Å²) in [6, 6.07) is 27.0. The van der Waals surface area contributed by atoms with Crippen LogP contribution < -0.4 is 4.74 Å². The van der Waals surface area contributed by atoms with Crippen LogP contribution in [0.15, 0.2) is 78.9 Å². The SMILES string of the molecule is COc1ccc(C#Cc2ccccc2)c(CCCN(C)CCc2ccccc2)c1. The van der Waals surface area contributed by atoms with Gasteiger partial charge in [0.25, 0.3) is 0 Å². The van der Waals surface area contributed by atoms with Gasteiger partial charge in [0.2, 0.25) is 0 Å². The van der Waals surface area contributed by atoms with Crippen molar-refractivity contribution in [1.82, 2.24) is 4.90 Å². The fourth-order valence-corrected chi connectivity index (χ4v) is 3.30. The summed E-state index contributed by atoms with van der Waals surface area (Å²) in [5.41, 5.74) is 4.77. The summed E-state index contributed by atoms with van der Waals surface area (Å²) in [6.45, 7) is 2.14. The summed E-state index contributed by atoms with van der Waals surface area (Å²) in [6.07, 6.45) is 3.18. The van der Waals surface area contributed by atoms with E-state index in [1.807, 2.05) is 36.4 Å². The number of ether oxygens (including phenoxy) is 1. The first-order valence-corrected chi connectivity index (χ1v) is 10.2. The van der Waals surface area contributed by atoms with Crippen LogP contribution in [0, 0.1) is 11.8 Å². The molecule has 3 rings (SSSR count). The van der Waals surface area contributed by atoms with E-state index in [1.165, 1.54) is 11.1 Å². The van der Waals surface area contributed by atoms with Crippen LogP contribution in [0.2, 0.25) is 0 Å². The monoisotopic (exact) mass is 383 g/mol. The fraction of sp³-hybridized carbons (Fsp3) is 0.259. The van der Waals surface area contributed by atoms with E-state index >= 15 is 0 Å². The molecule has 0 aliphatic heterocycles. The Labute approximate surface area is 175 Å². The lowest BCUT2D eigenvalue weighted by Crippen LogP contribution is -2.22. The van der Waals surface area contributed by atoms with Gasteiger partial charge < -0.3 is 9.64 Å². The Morgan fingerprint density at radius 3 is 2.24 bits per heavy atom. The van der Waals surface area contributed by atoms with Gasteiger partial charge >= 0.3 is 0 Å². The maximum Gasteiger partial charge on any atom is 0.119 e. The van der Waals surface area contributed by atoms with Gasteiger partial charge in [0.05, 0.1) is 7.11 Å². The lowest BCUT2D eigenvalue weighted by molar-refractivity contribution is 0.333. The van der Waals surface area contributed by atoms with Gasteiger partial charge in [-0.2, -0.15) is 0 Å². The van der Waals surface area contributed by atoms with Gasteiger partial charge in [-0.25, -0.2) is 0 Å². The zero-order valence-electron chi connectivity index (χ0n) is 17.4. The first-order valence-electron chi connectivity index (χ1n) is 10.2. The third kappa shape index (κ3) is 6.82. The van der Waals surface area contributed by atoms with Gasteiger partial charge in [-0.05, 0) is 74.3 Å². The van der Waals surface area contributed by atoms with E-state index in [4.69, 9.17) is 4.74 Å². The standard InChI is InChI=1S/C27H29NO/c1-28(21-19-24-12-7-4-8-13-24)20-9-14-26-22-27(29-2)18-17-25(26)16-15-23-10-5-3-6-11-23/h3-8,10-13,17-18,22H,9,14,19-21H2,1-2H3. The highest BCUT2D eigenvalue weighted by atomic mass is 16.5. The van der Waals surface area contributed by atoms with Crippen LogP contribution in [0.3, 0.4) is 0 Å². The molecule has 29 heavy (non-hydrogen) atoms. The molecule has 0 amide bonds. The zero-order chi connectivity index (χ0) is 20.3. The number of rotatable bonds is 8. The molecule has 0 N–H and O–H groups in total. The van der Waals surface area contributed by atoms with Crippen molar-refractivity contribution in [2.75, 3.05) is 27.2 Å². The fourth-order valence-electron chi connectivity index (χ4n) is 3.30. The van der Waals surface area contributed by atoms with E-state index in [0.717, 1.165) is 49.2 Å². The second kappa shape index (κ2) is 11.1. The van der Waals surface area contributed by atoms with Gasteiger partial charge in [0.1, 0.15) is 5.75 Å². The van der Waals surface area contributed by atoms with E-state index in [1.54, 1.807) is 7.11 Å². The molecule has 3 aromatic carbocycles. The Balaban J connectivity index is 1.58. The van der Waals surface area contributed by atoms with Gasteiger partial charge in [0, 0.05) is 17.7 Å². The molecule has 0 atom stereocenters. The smallest absolute Gasteiger partial charge is 0.119 e. The summed E-state index contributed by atoms with van der Waals surface area (Å²) < 4.78 is 5.43. The van der Waals surface area contributed by atoms with Crippen molar-refractivity contribution in [3.05, 3.63) is 101 Å². The number of nitrogens with zero attached hydrogens (tertiary/aromatic N) is 1. The van der Waals surface area contributed by atoms with E-state index in [-0.39, 0.29) is 0 Å². The molecule has 0 saturated heterocycles. The normalized spacial score (nSPS) is 10.4. The molecule has 2 nitrogen and oxygen atoms in total. The van der Waals surface area contributed by atoms with Crippen molar-refractivity contribution in [3.8, 4) is 17.6 Å². The van der Waals surface area contributed by atoms with Crippen molar-refractivity contribution < 1.29 is 4.74 Å². The van der Waals surface area contributed by atoms with Crippen molar-refractivity contribution in [2.24, 2.45) is 0 Å². The molecule has 0 aliphatic rings. The minimum atomic E-state index is 0.891. The Hall–Kier alpha value is -3.02.